The number of benzene rings is 2. The van der Waals surface area contributed by atoms with Gasteiger partial charge in [-0.2, -0.15) is 0 Å². The Morgan fingerprint density at radius 1 is 1.22 bits per heavy atom. The van der Waals surface area contributed by atoms with E-state index < -0.39 is 10.9 Å². The summed E-state index contributed by atoms with van der Waals surface area (Å²) in [5.41, 5.74) is 1.06. The molecule has 164 valence electrons. The molecular weight excluding hydrogens is 438 g/mol. The predicted octanol–water partition coefficient (Wildman–Crippen LogP) is 4.24. The minimum absolute atomic E-state index is 0.0453. The first-order valence-corrected chi connectivity index (χ1v) is 10.1. The van der Waals surface area contributed by atoms with E-state index >= 15 is 0 Å². The van der Waals surface area contributed by atoms with Crippen LogP contribution in [0.3, 0.4) is 0 Å². The van der Waals surface area contributed by atoms with E-state index in [1.807, 2.05) is 6.07 Å². The van der Waals surface area contributed by atoms with Crippen LogP contribution in [-0.2, 0) is 11.3 Å². The lowest BCUT2D eigenvalue weighted by Gasteiger charge is -2.20. The monoisotopic (exact) mass is 455 g/mol. The van der Waals surface area contributed by atoms with Gasteiger partial charge in [-0.25, -0.2) is 14.3 Å². The molecule has 0 spiro atoms. The molecule has 0 saturated heterocycles. The van der Waals surface area contributed by atoms with Crippen LogP contribution in [0.4, 0.5) is 5.82 Å². The molecule has 0 fully saturated rings. The zero-order valence-corrected chi connectivity index (χ0v) is 17.5. The van der Waals surface area contributed by atoms with E-state index in [0.29, 0.717) is 35.6 Å². The number of fused-ring (bicyclic) bond motifs is 1. The Labute approximate surface area is 188 Å². The topological polar surface area (TPSA) is 106 Å². The molecule has 0 aliphatic carbocycles. The zero-order valence-electron chi connectivity index (χ0n) is 16.8. The fraction of sp³-hybridized carbons (Fsp3) is 0.182. The Morgan fingerprint density at radius 2 is 2.03 bits per heavy atom. The Hall–Kier alpha value is -3.85. The summed E-state index contributed by atoms with van der Waals surface area (Å²) in [6, 6.07) is 12.1. The van der Waals surface area contributed by atoms with Crippen LogP contribution in [0.2, 0.25) is 5.02 Å². The molecule has 2 aromatic carbocycles. The van der Waals surface area contributed by atoms with Crippen LogP contribution in [0.15, 0.2) is 48.7 Å². The molecule has 9 nitrogen and oxygen atoms in total. The van der Waals surface area contributed by atoms with E-state index in [9.17, 15) is 14.9 Å². The first kappa shape index (κ1) is 21.4. The highest BCUT2D eigenvalue weighted by molar-refractivity contribution is 6.30. The van der Waals surface area contributed by atoms with E-state index in [1.54, 1.807) is 48.6 Å². The van der Waals surface area contributed by atoms with E-state index in [2.05, 4.69) is 4.98 Å². The lowest BCUT2D eigenvalue weighted by Crippen LogP contribution is -2.19. The van der Waals surface area contributed by atoms with Crippen molar-refractivity contribution >= 4 is 35.5 Å². The van der Waals surface area contributed by atoms with E-state index in [4.69, 9.17) is 25.8 Å². The van der Waals surface area contributed by atoms with Gasteiger partial charge in [0.1, 0.15) is 38.1 Å². The van der Waals surface area contributed by atoms with Crippen LogP contribution in [-0.4, -0.2) is 40.3 Å². The summed E-state index contributed by atoms with van der Waals surface area (Å²) >= 11 is 5.99. The molecular formula is C22H18ClN3O6. The smallest absolute Gasteiger partial charge is 0.343 e. The van der Waals surface area contributed by atoms with Gasteiger partial charge >= 0.3 is 11.8 Å². The standard InChI is InChI=1S/C22H18ClN3O6/c23-16-4-1-3-15(13-16)7-8-19-24-14-20(26(28)29)25(19)9-10-32-22(27)17-5-2-6-18-21(17)31-12-11-30-18/h1-8,13-14H,9-12H2/b8-7-. The average Bonchev–Trinajstić information content (AvgIpc) is 3.20. The molecule has 0 bridgehead atoms. The molecule has 0 N–H and O–H groups in total. The number of imidazole rings is 1. The van der Waals surface area contributed by atoms with Crippen molar-refractivity contribution in [2.24, 2.45) is 0 Å². The summed E-state index contributed by atoms with van der Waals surface area (Å²) in [6.07, 6.45) is 4.55. The van der Waals surface area contributed by atoms with Crippen LogP contribution in [0, 0.1) is 10.1 Å². The maximum atomic E-state index is 12.5. The van der Waals surface area contributed by atoms with Crippen LogP contribution in [0.5, 0.6) is 11.5 Å². The highest BCUT2D eigenvalue weighted by atomic mass is 35.5. The summed E-state index contributed by atoms with van der Waals surface area (Å²) in [5.74, 6) is 0.347. The Bertz CT molecular complexity index is 1190. The molecule has 1 aromatic heterocycles. The van der Waals surface area contributed by atoms with Gasteiger partial charge < -0.3 is 24.3 Å². The quantitative estimate of drug-likeness (QED) is 0.298. The largest absolute Gasteiger partial charge is 0.486 e. The first-order valence-electron chi connectivity index (χ1n) is 9.72. The third kappa shape index (κ3) is 4.73. The molecule has 0 radical (unpaired) electrons. The summed E-state index contributed by atoms with van der Waals surface area (Å²) in [6.45, 7) is 0.685. The van der Waals surface area contributed by atoms with Gasteiger partial charge in [-0.1, -0.05) is 29.8 Å². The van der Waals surface area contributed by atoms with Crippen molar-refractivity contribution in [3.8, 4) is 11.5 Å². The summed E-state index contributed by atoms with van der Waals surface area (Å²) in [5, 5.41) is 12.0. The fourth-order valence-corrected chi connectivity index (χ4v) is 3.41. The summed E-state index contributed by atoms with van der Waals surface area (Å²) < 4.78 is 17.7. The molecule has 0 saturated carbocycles. The highest BCUT2D eigenvalue weighted by Crippen LogP contribution is 2.34. The van der Waals surface area contributed by atoms with E-state index in [0.717, 1.165) is 11.8 Å². The molecule has 2 heterocycles. The third-order valence-electron chi connectivity index (χ3n) is 4.66. The number of nitrogens with zero attached hydrogens (tertiary/aromatic N) is 3. The van der Waals surface area contributed by atoms with Gasteiger partial charge in [0.25, 0.3) is 0 Å². The van der Waals surface area contributed by atoms with E-state index in [-0.39, 0.29) is 24.5 Å². The predicted molar refractivity (Wildman–Crippen MR) is 117 cm³/mol. The summed E-state index contributed by atoms with van der Waals surface area (Å²) in [7, 11) is 0. The second-order valence-corrected chi connectivity index (χ2v) is 7.17. The van der Waals surface area contributed by atoms with Crippen LogP contribution in [0.25, 0.3) is 12.2 Å². The molecule has 1 aliphatic heterocycles. The van der Waals surface area contributed by atoms with Crippen molar-refractivity contribution in [3.05, 3.63) is 80.7 Å². The van der Waals surface area contributed by atoms with Crippen molar-refractivity contribution in [1.82, 2.24) is 9.55 Å². The van der Waals surface area contributed by atoms with Crippen LogP contribution < -0.4 is 9.47 Å². The number of hydrogen-bond acceptors (Lipinski definition) is 7. The Balaban J connectivity index is 1.48. The minimum atomic E-state index is -0.605. The maximum Gasteiger partial charge on any atom is 0.343 e. The zero-order chi connectivity index (χ0) is 22.5. The van der Waals surface area contributed by atoms with Crippen molar-refractivity contribution in [1.29, 1.82) is 0 Å². The van der Waals surface area contributed by atoms with Gasteiger partial charge in [-0.05, 0) is 40.8 Å². The SMILES string of the molecule is O=C(OCCn1c([N+](=O)[O-])cnc1/C=C\c1cccc(Cl)c1)c1cccc2c1OCCO2. The number of halogens is 1. The molecule has 4 rings (SSSR count). The van der Waals surface area contributed by atoms with Crippen LogP contribution in [0.1, 0.15) is 21.7 Å². The van der Waals surface area contributed by atoms with Gasteiger partial charge in [0.05, 0.1) is 0 Å². The number of esters is 1. The van der Waals surface area contributed by atoms with Crippen molar-refractivity contribution in [3.63, 3.8) is 0 Å². The van der Waals surface area contributed by atoms with Crippen molar-refractivity contribution in [2.45, 2.75) is 6.54 Å². The van der Waals surface area contributed by atoms with E-state index in [1.165, 1.54) is 4.57 Å². The minimum Gasteiger partial charge on any atom is -0.486 e. The molecule has 0 amide bonds. The molecule has 32 heavy (non-hydrogen) atoms. The van der Waals surface area contributed by atoms with Gasteiger partial charge in [-0.15, -0.1) is 0 Å². The summed E-state index contributed by atoms with van der Waals surface area (Å²) in [4.78, 5) is 27.5. The second kappa shape index (κ2) is 9.52. The second-order valence-electron chi connectivity index (χ2n) is 6.74. The fourth-order valence-electron chi connectivity index (χ4n) is 3.21. The first-order chi connectivity index (χ1) is 15.5. The van der Waals surface area contributed by atoms with Gasteiger partial charge in [-0.3, -0.25) is 0 Å². The van der Waals surface area contributed by atoms with Crippen LogP contribution >= 0.6 is 11.6 Å². The lowest BCUT2D eigenvalue weighted by molar-refractivity contribution is -0.392. The lowest BCUT2D eigenvalue weighted by atomic mass is 10.2. The number of nitro groups is 1. The molecule has 0 atom stereocenters. The van der Waals surface area contributed by atoms with Crippen molar-refractivity contribution in [2.75, 3.05) is 19.8 Å². The number of para-hydroxylation sites is 1. The number of rotatable bonds is 7. The highest BCUT2D eigenvalue weighted by Gasteiger charge is 2.23. The number of aromatic nitrogens is 2. The number of hydrogen-bond donors (Lipinski definition) is 0. The van der Waals surface area contributed by atoms with Crippen molar-refractivity contribution < 1.29 is 23.9 Å². The Kier molecular flexibility index (Phi) is 6.37. The van der Waals surface area contributed by atoms with Gasteiger partial charge in [0.15, 0.2) is 11.5 Å². The van der Waals surface area contributed by atoms with Gasteiger partial charge in [0, 0.05) is 11.1 Å². The van der Waals surface area contributed by atoms with Gasteiger partial charge in [0.2, 0.25) is 5.82 Å². The molecule has 0 unspecified atom stereocenters. The normalized spacial score (nSPS) is 12.7. The molecule has 1 aliphatic rings. The maximum absolute atomic E-state index is 12.5. The number of ether oxygens (including phenoxy) is 3. The third-order valence-corrected chi connectivity index (χ3v) is 4.90. The molecule has 3 aromatic rings. The number of carbonyl (C=O) groups is 1. The average molecular weight is 456 g/mol. The number of carbonyl (C=O) groups excluding carboxylic acids is 1. The Morgan fingerprint density at radius 3 is 2.84 bits per heavy atom. The molecule has 10 heteroatoms.